The number of hydrogen-bond acceptors (Lipinski definition) is 0. The molecule has 1 saturated carbocycles. The first-order valence-electron chi connectivity index (χ1n) is 5.90. The molecule has 0 aliphatic heterocycles. The third-order valence-corrected chi connectivity index (χ3v) is 4.57. The molecule has 14 heavy (non-hydrogen) atoms. The van der Waals surface area contributed by atoms with Gasteiger partial charge in [-0.05, 0) is 56.8 Å². The lowest BCUT2D eigenvalue weighted by molar-refractivity contribution is 0.140. The third-order valence-electron chi connectivity index (χ3n) is 3.92. The van der Waals surface area contributed by atoms with E-state index in [9.17, 15) is 0 Å². The van der Waals surface area contributed by atoms with Gasteiger partial charge in [0, 0.05) is 4.32 Å². The highest BCUT2D eigenvalue weighted by molar-refractivity contribution is 9.10. The minimum Gasteiger partial charge on any atom is -0.0856 e. The van der Waals surface area contributed by atoms with E-state index in [1.807, 2.05) is 0 Å². The average Bonchev–Trinajstić information content (AvgIpc) is 2.01. The molecule has 1 fully saturated rings. The monoisotopic (exact) mass is 260 g/mol. The molecule has 0 N–H and O–H groups in total. The Morgan fingerprint density at radius 2 is 1.14 bits per heavy atom. The molecule has 0 amide bonds. The molecule has 1 aliphatic rings. The number of halogens is 1. The third kappa shape index (κ3) is 3.25. The van der Waals surface area contributed by atoms with Crippen LogP contribution in [0.15, 0.2) is 0 Å². The molecule has 0 aromatic heterocycles. The molecule has 0 spiro atoms. The van der Waals surface area contributed by atoms with Gasteiger partial charge in [0.15, 0.2) is 0 Å². The van der Waals surface area contributed by atoms with Crippen LogP contribution in [-0.2, 0) is 0 Å². The highest BCUT2D eigenvalue weighted by atomic mass is 79.9. The molecule has 0 heterocycles. The van der Waals surface area contributed by atoms with Crippen molar-refractivity contribution < 1.29 is 0 Å². The molecule has 0 nitrogen and oxygen atoms in total. The zero-order chi connectivity index (χ0) is 11.0. The first-order chi connectivity index (χ1) is 6.21. The molecule has 0 atom stereocenters. The molecule has 0 unspecified atom stereocenters. The Hall–Kier alpha value is 0.480. The molecule has 0 aromatic carbocycles. The van der Waals surface area contributed by atoms with E-state index < -0.39 is 0 Å². The first kappa shape index (κ1) is 12.5. The van der Waals surface area contributed by atoms with Gasteiger partial charge in [-0.25, -0.2) is 0 Å². The maximum absolute atomic E-state index is 3.81. The molecule has 0 saturated heterocycles. The smallest absolute Gasteiger partial charge is 0.0229 e. The lowest BCUT2D eigenvalue weighted by Crippen LogP contribution is -2.32. The van der Waals surface area contributed by atoms with E-state index in [1.54, 1.807) is 0 Å². The summed E-state index contributed by atoms with van der Waals surface area (Å²) >= 11 is 3.81. The van der Waals surface area contributed by atoms with Gasteiger partial charge in [0.05, 0.1) is 0 Å². The predicted octanol–water partition coefficient (Wildman–Crippen LogP) is 5.01. The molecule has 1 heteroatoms. The fourth-order valence-electron chi connectivity index (χ4n) is 2.65. The number of hydrogen-bond donors (Lipinski definition) is 0. The molecular weight excluding hydrogens is 236 g/mol. The summed E-state index contributed by atoms with van der Waals surface area (Å²) in [7, 11) is 0. The summed E-state index contributed by atoms with van der Waals surface area (Å²) in [5, 5.41) is 0. The second-order valence-corrected chi connectivity index (χ2v) is 8.52. The molecule has 84 valence electrons. The van der Waals surface area contributed by atoms with Crippen LogP contribution < -0.4 is 0 Å². The predicted molar refractivity (Wildman–Crippen MR) is 67.9 cm³/mol. The Labute approximate surface area is 98.0 Å². The van der Waals surface area contributed by atoms with E-state index in [0.717, 1.165) is 11.8 Å². The van der Waals surface area contributed by atoms with Crippen LogP contribution in [0.1, 0.15) is 60.3 Å². The molecule has 0 aromatic rings. The maximum atomic E-state index is 3.81. The van der Waals surface area contributed by atoms with Crippen molar-refractivity contribution in [3.8, 4) is 0 Å². The Balaban J connectivity index is 2.47. The van der Waals surface area contributed by atoms with Gasteiger partial charge in [0.2, 0.25) is 0 Å². The van der Waals surface area contributed by atoms with Crippen LogP contribution in [0.3, 0.4) is 0 Å². The average molecular weight is 261 g/mol. The summed E-state index contributed by atoms with van der Waals surface area (Å²) in [5.41, 5.74) is 0.515. The van der Waals surface area contributed by atoms with E-state index in [4.69, 9.17) is 0 Å². The Morgan fingerprint density at radius 1 is 0.786 bits per heavy atom. The zero-order valence-electron chi connectivity index (χ0n) is 10.4. The van der Waals surface area contributed by atoms with Crippen molar-refractivity contribution in [2.75, 3.05) is 0 Å². The lowest BCUT2D eigenvalue weighted by atomic mass is 9.68. The van der Waals surface area contributed by atoms with Crippen molar-refractivity contribution in [3.05, 3.63) is 0 Å². The van der Waals surface area contributed by atoms with Gasteiger partial charge in [-0.15, -0.1) is 0 Å². The normalized spacial score (nSPS) is 30.4. The number of alkyl halides is 1. The minimum atomic E-state index is 0.343. The van der Waals surface area contributed by atoms with Crippen LogP contribution in [0.2, 0.25) is 0 Å². The van der Waals surface area contributed by atoms with Crippen molar-refractivity contribution in [2.45, 2.75) is 64.6 Å². The van der Waals surface area contributed by atoms with Crippen molar-refractivity contribution >= 4 is 15.9 Å². The van der Waals surface area contributed by atoms with Crippen LogP contribution >= 0.6 is 15.9 Å². The summed E-state index contributed by atoms with van der Waals surface area (Å²) in [6, 6.07) is 0. The van der Waals surface area contributed by atoms with Gasteiger partial charge in [-0.1, -0.05) is 36.7 Å². The SMILES string of the molecule is CC(C)(C)C1CCC(C(C)(C)Br)CC1. The van der Waals surface area contributed by atoms with Gasteiger partial charge in [-0.2, -0.15) is 0 Å². The molecule has 0 radical (unpaired) electrons. The fraction of sp³-hybridized carbons (Fsp3) is 1.00. The molecule has 1 aliphatic carbocycles. The van der Waals surface area contributed by atoms with Gasteiger partial charge >= 0.3 is 0 Å². The minimum absolute atomic E-state index is 0.343. The van der Waals surface area contributed by atoms with E-state index in [0.29, 0.717) is 9.74 Å². The van der Waals surface area contributed by atoms with Gasteiger partial charge in [0.25, 0.3) is 0 Å². The first-order valence-corrected chi connectivity index (χ1v) is 6.69. The Bertz CT molecular complexity index is 152. The number of rotatable bonds is 1. The van der Waals surface area contributed by atoms with Crippen molar-refractivity contribution in [3.63, 3.8) is 0 Å². The topological polar surface area (TPSA) is 0 Å². The summed E-state index contributed by atoms with van der Waals surface area (Å²) in [6.07, 6.45) is 5.65. The lowest BCUT2D eigenvalue weighted by Gasteiger charge is -2.40. The zero-order valence-corrected chi connectivity index (χ0v) is 11.9. The van der Waals surface area contributed by atoms with Crippen molar-refractivity contribution in [1.29, 1.82) is 0 Å². The molecular formula is C13H25Br. The van der Waals surface area contributed by atoms with Crippen LogP contribution in [0.5, 0.6) is 0 Å². The fourth-order valence-corrected chi connectivity index (χ4v) is 3.10. The van der Waals surface area contributed by atoms with Crippen LogP contribution in [0, 0.1) is 17.3 Å². The van der Waals surface area contributed by atoms with E-state index in [2.05, 4.69) is 50.5 Å². The standard InChI is InChI=1S/C13H25Br/c1-12(2,3)10-6-8-11(9-7-10)13(4,5)14/h10-11H,6-9H2,1-5H3. The quantitative estimate of drug-likeness (QED) is 0.582. The second kappa shape index (κ2) is 4.15. The Kier molecular flexibility index (Phi) is 3.72. The van der Waals surface area contributed by atoms with Crippen molar-refractivity contribution in [2.24, 2.45) is 17.3 Å². The summed E-state index contributed by atoms with van der Waals surface area (Å²) < 4.78 is 0.343. The van der Waals surface area contributed by atoms with Gasteiger partial charge < -0.3 is 0 Å². The van der Waals surface area contributed by atoms with E-state index in [-0.39, 0.29) is 0 Å². The maximum Gasteiger partial charge on any atom is 0.0229 e. The van der Waals surface area contributed by atoms with E-state index in [1.165, 1.54) is 25.7 Å². The van der Waals surface area contributed by atoms with Crippen LogP contribution in [0.25, 0.3) is 0 Å². The highest BCUT2D eigenvalue weighted by Crippen LogP contribution is 2.44. The molecule has 1 rings (SSSR count). The summed E-state index contributed by atoms with van der Waals surface area (Å²) in [5.74, 6) is 1.81. The largest absolute Gasteiger partial charge is 0.0856 e. The second-order valence-electron chi connectivity index (χ2n) is 6.48. The molecule has 0 bridgehead atoms. The van der Waals surface area contributed by atoms with Crippen LogP contribution in [0.4, 0.5) is 0 Å². The van der Waals surface area contributed by atoms with Gasteiger partial charge in [0.1, 0.15) is 0 Å². The van der Waals surface area contributed by atoms with Gasteiger partial charge in [-0.3, -0.25) is 0 Å². The highest BCUT2D eigenvalue weighted by Gasteiger charge is 2.34. The van der Waals surface area contributed by atoms with Crippen LogP contribution in [-0.4, -0.2) is 4.32 Å². The van der Waals surface area contributed by atoms with E-state index >= 15 is 0 Å². The summed E-state index contributed by atoms with van der Waals surface area (Å²) in [4.78, 5) is 0. The van der Waals surface area contributed by atoms with Crippen molar-refractivity contribution in [1.82, 2.24) is 0 Å². The summed E-state index contributed by atoms with van der Waals surface area (Å²) in [6.45, 7) is 11.8. The Morgan fingerprint density at radius 3 is 1.43 bits per heavy atom.